The number of hydrogen-bond donors (Lipinski definition) is 2. The van der Waals surface area contributed by atoms with Crippen LogP contribution in [0.15, 0.2) is 109 Å². The highest BCUT2D eigenvalue weighted by atomic mass is 16.7. The Labute approximate surface area is 299 Å². The number of ether oxygens (including phenoxy) is 4. The first-order valence-corrected chi connectivity index (χ1v) is 16.9. The molecule has 2 N–H and O–H groups in total. The lowest BCUT2D eigenvalue weighted by molar-refractivity contribution is -0.164. The number of esters is 2. The van der Waals surface area contributed by atoms with Gasteiger partial charge < -0.3 is 24.1 Å². The molecule has 0 fully saturated rings. The molecule has 51 heavy (non-hydrogen) atoms. The number of benzene rings is 4. The van der Waals surface area contributed by atoms with Crippen LogP contribution in [0.2, 0.25) is 0 Å². The Morgan fingerprint density at radius 2 is 1.20 bits per heavy atom. The third-order valence-corrected chi connectivity index (χ3v) is 8.82. The van der Waals surface area contributed by atoms with E-state index in [9.17, 15) is 19.5 Å². The summed E-state index contributed by atoms with van der Waals surface area (Å²) >= 11 is 0. The van der Waals surface area contributed by atoms with Gasteiger partial charge in [-0.05, 0) is 62.4 Å². The molecule has 0 radical (unpaired) electrons. The summed E-state index contributed by atoms with van der Waals surface area (Å²) < 4.78 is 21.5. The topological polar surface area (TPSA) is 130 Å². The molecule has 1 atom stereocenters. The summed E-state index contributed by atoms with van der Waals surface area (Å²) in [6.07, 6.45) is 0.711. The summed E-state index contributed by atoms with van der Waals surface area (Å²) in [7, 11) is 1.53. The van der Waals surface area contributed by atoms with Crippen molar-refractivity contribution in [2.45, 2.75) is 46.1 Å². The van der Waals surface area contributed by atoms with Crippen LogP contribution in [0.3, 0.4) is 0 Å². The minimum atomic E-state index is -1.20. The number of aromatic hydroxyl groups is 1. The number of nitrogens with one attached hydrogen (secondary N) is 1. The van der Waals surface area contributed by atoms with Crippen LogP contribution in [-0.4, -0.2) is 56.5 Å². The van der Waals surface area contributed by atoms with Crippen LogP contribution in [-0.2, 0) is 34.2 Å². The van der Waals surface area contributed by atoms with Gasteiger partial charge in [0, 0.05) is 13.2 Å². The van der Waals surface area contributed by atoms with E-state index < -0.39 is 34.3 Å². The molecule has 4 rings (SSSR count). The number of carbonyl (C=O) groups excluding carboxylic acids is 3. The van der Waals surface area contributed by atoms with Crippen LogP contribution < -0.4 is 10.2 Å². The molecule has 4 aromatic carbocycles. The molecule has 10 nitrogen and oxygen atoms in total. The molecule has 0 aliphatic carbocycles. The molecule has 0 bridgehead atoms. The molecule has 0 heterocycles. The van der Waals surface area contributed by atoms with Gasteiger partial charge in [-0.15, -0.1) is 0 Å². The van der Waals surface area contributed by atoms with E-state index in [-0.39, 0.29) is 49.9 Å². The zero-order chi connectivity index (χ0) is 36.9. The number of amides is 1. The summed E-state index contributed by atoms with van der Waals surface area (Å²) in [4.78, 5) is 45.5. The number of phenols is 1. The lowest BCUT2D eigenvalue weighted by Gasteiger charge is -2.35. The Bertz CT molecular complexity index is 1630. The summed E-state index contributed by atoms with van der Waals surface area (Å²) in [5.74, 6) is -1.60. The van der Waals surface area contributed by atoms with Crippen molar-refractivity contribution in [2.75, 3.05) is 33.5 Å². The standard InChI is InChI=1S/C41H47NO9/c1-6-40(4,38(46)50-25-24-47-5)29-39(2,3)37(45)49-27-26-48-33-22-23-34(35(43)28-33)36(44)42-51-41(30-16-10-7-11-17-30,31-18-12-8-13-19-31)32-20-14-9-15-21-32/h7-23,28,43H,6,24-27,29H2,1-5H3,(H,42,44). The van der Waals surface area contributed by atoms with Gasteiger partial charge in [0.05, 0.1) is 23.0 Å². The Hall–Kier alpha value is -5.19. The SMILES string of the molecule is CCC(C)(CC(C)(C)C(=O)OCCOc1ccc(C(=O)NOC(c2ccccc2)(c2ccccc2)c2ccccc2)c(O)c1)C(=O)OCCOC. The van der Waals surface area contributed by atoms with E-state index in [1.165, 1.54) is 25.3 Å². The largest absolute Gasteiger partial charge is 0.507 e. The van der Waals surface area contributed by atoms with Crippen molar-refractivity contribution in [2.24, 2.45) is 10.8 Å². The Morgan fingerprint density at radius 1 is 0.686 bits per heavy atom. The maximum Gasteiger partial charge on any atom is 0.311 e. The highest BCUT2D eigenvalue weighted by Crippen LogP contribution is 2.40. The molecule has 4 aromatic rings. The average Bonchev–Trinajstić information content (AvgIpc) is 3.14. The molecule has 0 aromatic heterocycles. The molecule has 0 aliphatic rings. The van der Waals surface area contributed by atoms with Crippen LogP contribution in [0.4, 0.5) is 0 Å². The highest BCUT2D eigenvalue weighted by Gasteiger charge is 2.43. The quantitative estimate of drug-likeness (QED) is 0.0489. The van der Waals surface area contributed by atoms with Crippen molar-refractivity contribution in [3.05, 3.63) is 131 Å². The van der Waals surface area contributed by atoms with E-state index in [0.717, 1.165) is 16.7 Å². The predicted molar refractivity (Wildman–Crippen MR) is 192 cm³/mol. The number of phenolic OH excluding ortho intramolecular Hbond substituents is 1. The molecule has 1 unspecified atom stereocenters. The number of hydroxylamine groups is 1. The van der Waals surface area contributed by atoms with Crippen molar-refractivity contribution >= 4 is 17.8 Å². The van der Waals surface area contributed by atoms with Crippen LogP contribution in [0.5, 0.6) is 11.5 Å². The Morgan fingerprint density at radius 3 is 1.69 bits per heavy atom. The third-order valence-electron chi connectivity index (χ3n) is 8.82. The maximum atomic E-state index is 13.4. The van der Waals surface area contributed by atoms with Crippen LogP contribution in [0.25, 0.3) is 0 Å². The molecular formula is C41H47NO9. The Kier molecular flexibility index (Phi) is 13.4. The van der Waals surface area contributed by atoms with Crippen LogP contribution >= 0.6 is 0 Å². The van der Waals surface area contributed by atoms with Crippen molar-refractivity contribution in [3.63, 3.8) is 0 Å². The van der Waals surface area contributed by atoms with Crippen LogP contribution in [0, 0.1) is 10.8 Å². The molecule has 0 spiro atoms. The maximum absolute atomic E-state index is 13.4. The summed E-state index contributed by atoms with van der Waals surface area (Å²) in [6, 6.07) is 33.0. The number of methoxy groups -OCH3 is 1. The van der Waals surface area contributed by atoms with E-state index in [4.69, 9.17) is 23.8 Å². The second-order valence-electron chi connectivity index (χ2n) is 13.1. The zero-order valence-electron chi connectivity index (χ0n) is 29.8. The monoisotopic (exact) mass is 697 g/mol. The van der Waals surface area contributed by atoms with Gasteiger partial charge in [-0.1, -0.05) is 97.9 Å². The lowest BCUT2D eigenvalue weighted by Crippen LogP contribution is -2.40. The second kappa shape index (κ2) is 17.6. The van der Waals surface area contributed by atoms with Crippen molar-refractivity contribution < 1.29 is 43.3 Å². The van der Waals surface area contributed by atoms with Gasteiger partial charge in [-0.25, -0.2) is 5.48 Å². The predicted octanol–water partition coefficient (Wildman–Crippen LogP) is 6.99. The minimum absolute atomic E-state index is 0.00618. The zero-order valence-corrected chi connectivity index (χ0v) is 29.8. The fourth-order valence-electron chi connectivity index (χ4n) is 5.94. The third kappa shape index (κ3) is 9.53. The van der Waals surface area contributed by atoms with Crippen LogP contribution in [0.1, 0.15) is 67.6 Å². The first-order chi connectivity index (χ1) is 24.5. The molecule has 1 amide bonds. The van der Waals surface area contributed by atoms with Crippen molar-refractivity contribution in [1.29, 1.82) is 0 Å². The smallest absolute Gasteiger partial charge is 0.311 e. The van der Waals surface area contributed by atoms with Crippen molar-refractivity contribution in [1.82, 2.24) is 5.48 Å². The van der Waals surface area contributed by atoms with E-state index >= 15 is 0 Å². The summed E-state index contributed by atoms with van der Waals surface area (Å²) in [5.41, 5.74) is 1.87. The van der Waals surface area contributed by atoms with Gasteiger partial charge >= 0.3 is 11.9 Å². The molecule has 10 heteroatoms. The molecule has 0 saturated heterocycles. The van der Waals surface area contributed by atoms with E-state index in [0.29, 0.717) is 6.42 Å². The van der Waals surface area contributed by atoms with E-state index in [1.807, 2.05) is 97.9 Å². The second-order valence-corrected chi connectivity index (χ2v) is 13.1. The van der Waals surface area contributed by atoms with Gasteiger partial charge in [-0.3, -0.25) is 19.2 Å². The highest BCUT2D eigenvalue weighted by molar-refractivity contribution is 5.96. The Balaban J connectivity index is 1.38. The van der Waals surface area contributed by atoms with E-state index in [2.05, 4.69) is 5.48 Å². The lowest BCUT2D eigenvalue weighted by atomic mass is 9.72. The van der Waals surface area contributed by atoms with E-state index in [1.54, 1.807) is 20.8 Å². The average molecular weight is 698 g/mol. The summed E-state index contributed by atoms with van der Waals surface area (Å²) in [6.45, 7) is 7.45. The molecular weight excluding hydrogens is 650 g/mol. The minimum Gasteiger partial charge on any atom is -0.507 e. The summed E-state index contributed by atoms with van der Waals surface area (Å²) in [5, 5.41) is 10.8. The van der Waals surface area contributed by atoms with Gasteiger partial charge in [0.25, 0.3) is 5.91 Å². The van der Waals surface area contributed by atoms with Gasteiger partial charge in [-0.2, -0.15) is 0 Å². The number of rotatable bonds is 18. The van der Waals surface area contributed by atoms with Gasteiger partial charge in [0.1, 0.15) is 31.3 Å². The normalized spacial score (nSPS) is 12.7. The number of hydrogen-bond acceptors (Lipinski definition) is 9. The molecule has 0 aliphatic heterocycles. The molecule has 0 saturated carbocycles. The fraction of sp³-hybridized carbons (Fsp3) is 0.341. The van der Waals surface area contributed by atoms with Gasteiger partial charge in [0.15, 0.2) is 5.60 Å². The van der Waals surface area contributed by atoms with Crippen molar-refractivity contribution in [3.8, 4) is 11.5 Å². The van der Waals surface area contributed by atoms with Gasteiger partial charge in [0.2, 0.25) is 0 Å². The first-order valence-electron chi connectivity index (χ1n) is 16.9. The first kappa shape index (κ1) is 38.6. The molecule has 270 valence electrons. The fourth-order valence-corrected chi connectivity index (χ4v) is 5.94. The number of carbonyl (C=O) groups is 3.